The molecule has 0 spiro atoms. The lowest BCUT2D eigenvalue weighted by Crippen LogP contribution is -1.90. The first-order valence-electron chi connectivity index (χ1n) is 6.82. The molecule has 4 nitrogen and oxygen atoms in total. The van der Waals surface area contributed by atoms with Gasteiger partial charge in [0.05, 0.1) is 0 Å². The molecule has 4 rings (SSSR count). The summed E-state index contributed by atoms with van der Waals surface area (Å²) in [6.45, 7) is 0. The second-order valence-electron chi connectivity index (χ2n) is 4.96. The van der Waals surface area contributed by atoms with E-state index in [4.69, 9.17) is 4.52 Å². The predicted molar refractivity (Wildman–Crippen MR) is 80.8 cm³/mol. The van der Waals surface area contributed by atoms with Crippen molar-refractivity contribution >= 4 is 10.9 Å². The van der Waals surface area contributed by atoms with E-state index in [2.05, 4.69) is 27.3 Å². The van der Waals surface area contributed by atoms with Gasteiger partial charge in [-0.2, -0.15) is 4.98 Å². The van der Waals surface area contributed by atoms with Crippen LogP contribution in [0.5, 0.6) is 0 Å². The highest BCUT2D eigenvalue weighted by Gasteiger charge is 2.10. The Balaban J connectivity index is 1.64. The van der Waals surface area contributed by atoms with Gasteiger partial charge in [-0.25, -0.2) is 0 Å². The topological polar surface area (TPSA) is 54.7 Å². The summed E-state index contributed by atoms with van der Waals surface area (Å²) in [5.74, 6) is 1.26. The minimum Gasteiger partial charge on any atom is -0.361 e. The average Bonchev–Trinajstić information content (AvgIpc) is 3.16. The molecule has 2 aromatic carbocycles. The Morgan fingerprint density at radius 3 is 2.81 bits per heavy atom. The minimum atomic E-state index is 0.559. The van der Waals surface area contributed by atoms with E-state index in [9.17, 15) is 0 Å². The number of aromatic nitrogens is 3. The fourth-order valence-corrected chi connectivity index (χ4v) is 2.41. The van der Waals surface area contributed by atoms with Crippen LogP contribution in [0.15, 0.2) is 65.3 Å². The van der Waals surface area contributed by atoms with E-state index in [1.807, 2.05) is 48.7 Å². The molecule has 0 unspecified atom stereocenters. The molecule has 0 radical (unpaired) electrons. The van der Waals surface area contributed by atoms with Crippen molar-refractivity contribution < 1.29 is 4.52 Å². The van der Waals surface area contributed by atoms with Crippen LogP contribution in [0, 0.1) is 0 Å². The predicted octanol–water partition coefficient (Wildman–Crippen LogP) is 3.81. The highest BCUT2D eigenvalue weighted by Crippen LogP contribution is 2.22. The lowest BCUT2D eigenvalue weighted by molar-refractivity contribution is 0.424. The van der Waals surface area contributed by atoms with E-state index >= 15 is 0 Å². The van der Waals surface area contributed by atoms with Gasteiger partial charge in [0.2, 0.25) is 0 Å². The molecule has 0 saturated carbocycles. The van der Waals surface area contributed by atoms with Gasteiger partial charge < -0.3 is 9.51 Å². The molecule has 0 saturated heterocycles. The molecule has 2 heterocycles. The van der Waals surface area contributed by atoms with Gasteiger partial charge in [0, 0.05) is 29.1 Å². The van der Waals surface area contributed by atoms with Crippen molar-refractivity contribution in [2.75, 3.05) is 0 Å². The molecule has 0 aliphatic heterocycles. The Hall–Kier alpha value is -2.88. The number of nitrogens with one attached hydrogen (secondary N) is 1. The van der Waals surface area contributed by atoms with Gasteiger partial charge in [-0.1, -0.05) is 35.5 Å². The van der Waals surface area contributed by atoms with Crippen molar-refractivity contribution in [2.24, 2.45) is 0 Å². The Labute approximate surface area is 121 Å². The fraction of sp³-hybridized carbons (Fsp3) is 0.0588. The average molecular weight is 275 g/mol. The minimum absolute atomic E-state index is 0.559. The molecule has 0 bridgehead atoms. The van der Waals surface area contributed by atoms with E-state index < -0.39 is 0 Å². The van der Waals surface area contributed by atoms with Crippen molar-refractivity contribution in [1.29, 1.82) is 0 Å². The molecular weight excluding hydrogens is 262 g/mol. The van der Waals surface area contributed by atoms with Crippen LogP contribution >= 0.6 is 0 Å². The molecule has 0 aliphatic carbocycles. The van der Waals surface area contributed by atoms with E-state index in [-0.39, 0.29) is 0 Å². The van der Waals surface area contributed by atoms with Gasteiger partial charge in [-0.15, -0.1) is 0 Å². The van der Waals surface area contributed by atoms with Crippen LogP contribution < -0.4 is 0 Å². The number of fused-ring (bicyclic) bond motifs is 1. The van der Waals surface area contributed by atoms with Gasteiger partial charge >= 0.3 is 0 Å². The summed E-state index contributed by atoms with van der Waals surface area (Å²) < 4.78 is 5.38. The van der Waals surface area contributed by atoms with Gasteiger partial charge in [-0.05, 0) is 29.8 Å². The van der Waals surface area contributed by atoms with Crippen LogP contribution in [0.25, 0.3) is 22.4 Å². The SMILES string of the molecule is c1ccc(Cc2noc(-c3ccc4[nH]ccc4c3)n2)cc1. The lowest BCUT2D eigenvalue weighted by atomic mass is 10.1. The monoisotopic (exact) mass is 275 g/mol. The summed E-state index contributed by atoms with van der Waals surface area (Å²) >= 11 is 0. The number of aromatic amines is 1. The third-order valence-electron chi connectivity index (χ3n) is 3.47. The van der Waals surface area contributed by atoms with E-state index in [1.54, 1.807) is 0 Å². The molecule has 2 aromatic heterocycles. The fourth-order valence-electron chi connectivity index (χ4n) is 2.41. The van der Waals surface area contributed by atoms with Crippen LogP contribution in [0.4, 0.5) is 0 Å². The normalized spacial score (nSPS) is 11.0. The summed E-state index contributed by atoms with van der Waals surface area (Å²) in [5.41, 5.74) is 3.21. The maximum atomic E-state index is 5.38. The van der Waals surface area contributed by atoms with Crippen LogP contribution in [0.2, 0.25) is 0 Å². The molecule has 0 amide bonds. The van der Waals surface area contributed by atoms with Crippen molar-refractivity contribution in [1.82, 2.24) is 15.1 Å². The van der Waals surface area contributed by atoms with Gasteiger partial charge in [-0.3, -0.25) is 0 Å². The van der Waals surface area contributed by atoms with E-state index in [0.29, 0.717) is 18.1 Å². The second kappa shape index (κ2) is 4.90. The maximum absolute atomic E-state index is 5.38. The number of nitrogens with zero attached hydrogens (tertiary/aromatic N) is 2. The molecule has 102 valence electrons. The number of H-pyrrole nitrogens is 1. The summed E-state index contributed by atoms with van der Waals surface area (Å²) in [7, 11) is 0. The van der Waals surface area contributed by atoms with Gasteiger partial charge in [0.15, 0.2) is 5.82 Å². The zero-order chi connectivity index (χ0) is 14.1. The first-order valence-corrected chi connectivity index (χ1v) is 6.82. The quantitative estimate of drug-likeness (QED) is 0.618. The lowest BCUT2D eigenvalue weighted by Gasteiger charge is -1.95. The van der Waals surface area contributed by atoms with Gasteiger partial charge in [0.25, 0.3) is 5.89 Å². The standard InChI is InChI=1S/C17H13N3O/c1-2-4-12(5-3-1)10-16-19-17(21-20-16)14-6-7-15-13(11-14)8-9-18-15/h1-9,11,18H,10H2. The number of hydrogen-bond donors (Lipinski definition) is 1. The van der Waals surface area contributed by atoms with Crippen molar-refractivity contribution in [2.45, 2.75) is 6.42 Å². The van der Waals surface area contributed by atoms with Crippen molar-refractivity contribution in [3.8, 4) is 11.5 Å². The summed E-state index contributed by atoms with van der Waals surface area (Å²) in [6, 6.07) is 18.2. The van der Waals surface area contributed by atoms with E-state index in [1.165, 1.54) is 5.56 Å². The Morgan fingerprint density at radius 2 is 1.90 bits per heavy atom. The molecular formula is C17H13N3O. The third-order valence-corrected chi connectivity index (χ3v) is 3.47. The molecule has 4 heteroatoms. The van der Waals surface area contributed by atoms with Crippen LogP contribution in [-0.4, -0.2) is 15.1 Å². The number of rotatable bonds is 3. The first kappa shape index (κ1) is 11.9. The number of benzene rings is 2. The van der Waals surface area contributed by atoms with E-state index in [0.717, 1.165) is 16.5 Å². The Kier molecular flexibility index (Phi) is 2.78. The summed E-state index contributed by atoms with van der Waals surface area (Å²) in [4.78, 5) is 7.65. The third kappa shape index (κ3) is 2.31. The summed E-state index contributed by atoms with van der Waals surface area (Å²) in [6.07, 6.45) is 2.60. The second-order valence-corrected chi connectivity index (χ2v) is 4.96. The zero-order valence-electron chi connectivity index (χ0n) is 11.3. The van der Waals surface area contributed by atoms with Crippen molar-refractivity contribution in [3.63, 3.8) is 0 Å². The molecule has 4 aromatic rings. The maximum Gasteiger partial charge on any atom is 0.257 e. The smallest absolute Gasteiger partial charge is 0.257 e. The first-order chi connectivity index (χ1) is 10.4. The molecule has 21 heavy (non-hydrogen) atoms. The van der Waals surface area contributed by atoms with Gasteiger partial charge in [0.1, 0.15) is 0 Å². The Morgan fingerprint density at radius 1 is 1.00 bits per heavy atom. The molecule has 0 atom stereocenters. The van der Waals surface area contributed by atoms with Crippen LogP contribution in [-0.2, 0) is 6.42 Å². The zero-order valence-corrected chi connectivity index (χ0v) is 11.3. The number of hydrogen-bond acceptors (Lipinski definition) is 3. The van der Waals surface area contributed by atoms with Crippen LogP contribution in [0.1, 0.15) is 11.4 Å². The van der Waals surface area contributed by atoms with Crippen molar-refractivity contribution in [3.05, 3.63) is 72.2 Å². The largest absolute Gasteiger partial charge is 0.361 e. The van der Waals surface area contributed by atoms with Crippen LogP contribution in [0.3, 0.4) is 0 Å². The molecule has 0 fully saturated rings. The molecule has 1 N–H and O–H groups in total. The Bertz CT molecular complexity index is 877. The molecule has 0 aliphatic rings. The highest BCUT2D eigenvalue weighted by atomic mass is 16.5. The summed E-state index contributed by atoms with van der Waals surface area (Å²) in [5, 5.41) is 5.20. The highest BCUT2D eigenvalue weighted by molar-refractivity contribution is 5.83.